The lowest BCUT2D eigenvalue weighted by atomic mass is 9.90. The molecule has 1 fully saturated rings. The summed E-state index contributed by atoms with van der Waals surface area (Å²) in [5.74, 6) is -0.103. The van der Waals surface area contributed by atoms with Gasteiger partial charge >= 0.3 is 12.0 Å². The Morgan fingerprint density at radius 3 is 2.83 bits per heavy atom. The molecule has 132 valence electrons. The van der Waals surface area contributed by atoms with Crippen LogP contribution in [0.15, 0.2) is 18.2 Å². The van der Waals surface area contributed by atoms with E-state index in [1.165, 1.54) is 0 Å². The predicted molar refractivity (Wildman–Crippen MR) is 91.7 cm³/mol. The molecule has 1 aliphatic rings. The van der Waals surface area contributed by atoms with E-state index in [1.54, 1.807) is 17.9 Å². The first-order chi connectivity index (χ1) is 11.4. The van der Waals surface area contributed by atoms with Crippen LogP contribution in [0.5, 0.6) is 5.75 Å². The summed E-state index contributed by atoms with van der Waals surface area (Å²) >= 11 is 6.02. The molecule has 0 aliphatic carbocycles. The van der Waals surface area contributed by atoms with E-state index in [1.807, 2.05) is 19.1 Å². The number of nitrogens with one attached hydrogen (secondary N) is 1. The molecule has 6 nitrogen and oxygen atoms in total. The van der Waals surface area contributed by atoms with Crippen molar-refractivity contribution in [3.8, 4) is 5.75 Å². The Labute approximate surface area is 146 Å². The van der Waals surface area contributed by atoms with E-state index in [9.17, 15) is 14.7 Å². The highest BCUT2D eigenvalue weighted by atomic mass is 35.5. The number of carboxylic acid groups (broad SMARTS) is 1. The van der Waals surface area contributed by atoms with Crippen molar-refractivity contribution in [3.05, 3.63) is 28.8 Å². The first-order valence-electron chi connectivity index (χ1n) is 8.03. The van der Waals surface area contributed by atoms with Gasteiger partial charge in [0.2, 0.25) is 0 Å². The number of carbonyl (C=O) groups is 2. The number of likely N-dealkylation sites (tertiary alicyclic amines) is 1. The van der Waals surface area contributed by atoms with Gasteiger partial charge in [-0.05, 0) is 50.5 Å². The van der Waals surface area contributed by atoms with E-state index in [0.717, 1.165) is 11.3 Å². The van der Waals surface area contributed by atoms with E-state index in [0.29, 0.717) is 37.6 Å². The van der Waals surface area contributed by atoms with Crippen LogP contribution in [-0.4, -0.2) is 48.2 Å². The maximum Gasteiger partial charge on any atom is 0.317 e. The number of nitrogens with zero attached hydrogens (tertiary/aromatic N) is 1. The summed E-state index contributed by atoms with van der Waals surface area (Å²) in [6.45, 7) is 5.25. The van der Waals surface area contributed by atoms with Crippen molar-refractivity contribution in [2.45, 2.75) is 26.7 Å². The molecular formula is C17H23ClN2O4. The number of urea groups is 1. The van der Waals surface area contributed by atoms with Crippen LogP contribution in [0.25, 0.3) is 0 Å². The van der Waals surface area contributed by atoms with Crippen molar-refractivity contribution in [3.63, 3.8) is 0 Å². The molecule has 24 heavy (non-hydrogen) atoms. The van der Waals surface area contributed by atoms with Crippen LogP contribution < -0.4 is 10.1 Å². The Kier molecular flexibility index (Phi) is 5.94. The Hall–Kier alpha value is -1.95. The molecule has 1 aliphatic heterocycles. The fourth-order valence-electron chi connectivity index (χ4n) is 2.76. The number of carboxylic acids is 1. The summed E-state index contributed by atoms with van der Waals surface area (Å²) in [6, 6.07) is 5.18. The first-order valence-corrected chi connectivity index (χ1v) is 8.41. The number of amides is 2. The number of halogens is 1. The highest BCUT2D eigenvalue weighted by molar-refractivity contribution is 6.30. The zero-order valence-electron chi connectivity index (χ0n) is 14.0. The number of hydrogen-bond donors (Lipinski definition) is 2. The van der Waals surface area contributed by atoms with Crippen LogP contribution in [0.3, 0.4) is 0 Å². The van der Waals surface area contributed by atoms with Crippen molar-refractivity contribution >= 4 is 23.6 Å². The highest BCUT2D eigenvalue weighted by Crippen LogP contribution is 2.30. The van der Waals surface area contributed by atoms with Gasteiger partial charge in [-0.15, -0.1) is 0 Å². The van der Waals surface area contributed by atoms with Crippen LogP contribution in [0.1, 0.15) is 25.8 Å². The van der Waals surface area contributed by atoms with E-state index in [-0.39, 0.29) is 12.6 Å². The van der Waals surface area contributed by atoms with Gasteiger partial charge in [-0.3, -0.25) is 4.79 Å². The van der Waals surface area contributed by atoms with Crippen molar-refractivity contribution in [1.29, 1.82) is 0 Å². The minimum absolute atomic E-state index is 0.232. The van der Waals surface area contributed by atoms with Gasteiger partial charge in [0.1, 0.15) is 5.75 Å². The van der Waals surface area contributed by atoms with Gasteiger partial charge in [0.15, 0.2) is 0 Å². The molecule has 1 aromatic carbocycles. The molecule has 0 radical (unpaired) electrons. The van der Waals surface area contributed by atoms with Gasteiger partial charge in [-0.2, -0.15) is 0 Å². The average Bonchev–Trinajstić information content (AvgIpc) is 2.94. The minimum Gasteiger partial charge on any atom is -0.494 e. The number of carbonyl (C=O) groups excluding carboxylic acids is 1. The van der Waals surface area contributed by atoms with Crippen molar-refractivity contribution in [2.24, 2.45) is 5.41 Å². The van der Waals surface area contributed by atoms with Gasteiger partial charge < -0.3 is 20.1 Å². The van der Waals surface area contributed by atoms with E-state index >= 15 is 0 Å². The van der Waals surface area contributed by atoms with E-state index < -0.39 is 11.4 Å². The molecule has 0 saturated carbocycles. The summed E-state index contributed by atoms with van der Waals surface area (Å²) < 4.78 is 5.56. The number of benzene rings is 1. The molecule has 1 aromatic rings. The standard InChI is InChI=1S/C17H23ClN2O4/c1-3-24-14-5-4-13(18)10-12(14)6-8-19-16(23)20-9-7-17(2,11-20)15(21)22/h4-5,10H,3,6-9,11H2,1-2H3,(H,19,23)(H,21,22). The molecule has 2 rings (SSSR count). The van der Waals surface area contributed by atoms with Crippen molar-refractivity contribution in [2.75, 3.05) is 26.2 Å². The molecule has 2 N–H and O–H groups in total. The third-order valence-electron chi connectivity index (χ3n) is 4.27. The van der Waals surface area contributed by atoms with E-state index in [4.69, 9.17) is 16.3 Å². The van der Waals surface area contributed by atoms with Gasteiger partial charge in [0, 0.05) is 24.7 Å². The van der Waals surface area contributed by atoms with Gasteiger partial charge in [0.25, 0.3) is 0 Å². The maximum absolute atomic E-state index is 12.2. The zero-order chi connectivity index (χ0) is 17.7. The summed E-state index contributed by atoms with van der Waals surface area (Å²) in [7, 11) is 0. The fraction of sp³-hybridized carbons (Fsp3) is 0.529. The lowest BCUT2D eigenvalue weighted by molar-refractivity contribution is -0.146. The summed E-state index contributed by atoms with van der Waals surface area (Å²) in [5, 5.41) is 12.7. The molecule has 1 heterocycles. The molecular weight excluding hydrogens is 332 g/mol. The highest BCUT2D eigenvalue weighted by Gasteiger charge is 2.42. The second kappa shape index (κ2) is 7.75. The Morgan fingerprint density at radius 2 is 2.21 bits per heavy atom. The van der Waals surface area contributed by atoms with Crippen LogP contribution >= 0.6 is 11.6 Å². The lowest BCUT2D eigenvalue weighted by Crippen LogP contribution is -2.41. The van der Waals surface area contributed by atoms with Crippen LogP contribution in [0.4, 0.5) is 4.79 Å². The van der Waals surface area contributed by atoms with Gasteiger partial charge in [0.05, 0.1) is 12.0 Å². The number of hydrogen-bond acceptors (Lipinski definition) is 3. The molecule has 1 unspecified atom stereocenters. The molecule has 0 spiro atoms. The number of rotatable bonds is 6. The number of aliphatic carboxylic acids is 1. The third-order valence-corrected chi connectivity index (χ3v) is 4.50. The molecule has 0 aromatic heterocycles. The zero-order valence-corrected chi connectivity index (χ0v) is 14.7. The SMILES string of the molecule is CCOc1ccc(Cl)cc1CCNC(=O)N1CCC(C)(C(=O)O)C1. The summed E-state index contributed by atoms with van der Waals surface area (Å²) in [5.41, 5.74) is 0.0772. The molecule has 7 heteroatoms. The second-order valence-electron chi connectivity index (χ2n) is 6.20. The quantitative estimate of drug-likeness (QED) is 0.823. The Morgan fingerprint density at radius 1 is 1.46 bits per heavy atom. The minimum atomic E-state index is -0.863. The molecule has 0 bridgehead atoms. The molecule has 2 amide bonds. The smallest absolute Gasteiger partial charge is 0.317 e. The molecule has 1 saturated heterocycles. The van der Waals surface area contributed by atoms with Crippen molar-refractivity contribution in [1.82, 2.24) is 10.2 Å². The van der Waals surface area contributed by atoms with Gasteiger partial charge in [-0.25, -0.2) is 4.79 Å². The maximum atomic E-state index is 12.2. The normalized spacial score (nSPS) is 20.0. The van der Waals surface area contributed by atoms with Gasteiger partial charge in [-0.1, -0.05) is 11.6 Å². The predicted octanol–water partition coefficient (Wildman–Crippen LogP) is 2.79. The fourth-order valence-corrected chi connectivity index (χ4v) is 2.96. The Bertz CT molecular complexity index is 623. The molecule has 1 atom stereocenters. The monoisotopic (exact) mass is 354 g/mol. The summed E-state index contributed by atoms with van der Waals surface area (Å²) in [4.78, 5) is 25.0. The Balaban J connectivity index is 1.88. The number of ether oxygens (including phenoxy) is 1. The average molecular weight is 355 g/mol. The van der Waals surface area contributed by atoms with Crippen LogP contribution in [0, 0.1) is 5.41 Å². The van der Waals surface area contributed by atoms with Crippen LogP contribution in [0.2, 0.25) is 5.02 Å². The van der Waals surface area contributed by atoms with Crippen molar-refractivity contribution < 1.29 is 19.4 Å². The lowest BCUT2D eigenvalue weighted by Gasteiger charge is -2.20. The first kappa shape index (κ1) is 18.4. The van der Waals surface area contributed by atoms with E-state index in [2.05, 4.69) is 5.32 Å². The topological polar surface area (TPSA) is 78.9 Å². The second-order valence-corrected chi connectivity index (χ2v) is 6.64. The largest absolute Gasteiger partial charge is 0.494 e. The third kappa shape index (κ3) is 4.32. The summed E-state index contributed by atoms with van der Waals surface area (Å²) in [6.07, 6.45) is 1.06. The van der Waals surface area contributed by atoms with Crippen LogP contribution in [-0.2, 0) is 11.2 Å².